The number of benzene rings is 1. The van der Waals surface area contributed by atoms with Gasteiger partial charge in [0, 0.05) is 17.2 Å². The summed E-state index contributed by atoms with van der Waals surface area (Å²) in [5, 5.41) is 10.5. The molecule has 1 heterocycles. The van der Waals surface area contributed by atoms with E-state index in [1.54, 1.807) is 13.0 Å². The largest absolute Gasteiger partial charge is 0.507 e. The van der Waals surface area contributed by atoms with Crippen molar-refractivity contribution in [2.45, 2.75) is 45.4 Å². The van der Waals surface area contributed by atoms with Crippen molar-refractivity contribution in [2.75, 3.05) is 0 Å². The fourth-order valence-corrected chi connectivity index (χ4v) is 3.71. The van der Waals surface area contributed by atoms with Gasteiger partial charge < -0.3 is 9.52 Å². The van der Waals surface area contributed by atoms with Crippen LogP contribution in [0.15, 0.2) is 45.1 Å². The van der Waals surface area contributed by atoms with Crippen LogP contribution in [0, 0.1) is 5.82 Å². The molecule has 0 saturated heterocycles. The van der Waals surface area contributed by atoms with Crippen molar-refractivity contribution in [3.05, 3.63) is 63.3 Å². The second kappa shape index (κ2) is 6.56. The van der Waals surface area contributed by atoms with Crippen molar-refractivity contribution in [1.82, 2.24) is 0 Å². The van der Waals surface area contributed by atoms with Gasteiger partial charge in [-0.15, -0.1) is 0 Å². The molecular weight excluding hydrogens is 335 g/mol. The van der Waals surface area contributed by atoms with Crippen LogP contribution in [-0.2, 0) is 10.2 Å². The standard InChI is InChI=1S/C21H21FO4/c1-4-14-18(24)17-15(23)11-16(12-8-7-9-13(22)10-12)26-20(17)21(5-2,6-3)19(14)25/h7-11,24H,4-6H2,1-3H3. The molecule has 5 heteroatoms. The number of aliphatic hydroxyl groups excluding tert-OH is 1. The Morgan fingerprint density at radius 3 is 2.38 bits per heavy atom. The Morgan fingerprint density at radius 2 is 1.81 bits per heavy atom. The van der Waals surface area contributed by atoms with E-state index in [-0.39, 0.29) is 34.2 Å². The fraction of sp³-hybridized carbons (Fsp3) is 0.333. The molecule has 4 nitrogen and oxygen atoms in total. The number of halogens is 1. The second-order valence-electron chi connectivity index (χ2n) is 6.49. The molecule has 1 aromatic carbocycles. The Bertz CT molecular complexity index is 964. The zero-order chi connectivity index (χ0) is 19.1. The molecule has 0 bridgehead atoms. The van der Waals surface area contributed by atoms with E-state index in [1.165, 1.54) is 24.3 Å². The number of ketones is 1. The molecule has 0 amide bonds. The number of rotatable bonds is 4. The molecule has 0 saturated carbocycles. The van der Waals surface area contributed by atoms with Crippen LogP contribution in [0.1, 0.15) is 51.4 Å². The van der Waals surface area contributed by atoms with E-state index >= 15 is 0 Å². The van der Waals surface area contributed by atoms with Crippen molar-refractivity contribution < 1.29 is 18.7 Å². The highest BCUT2D eigenvalue weighted by molar-refractivity contribution is 6.10. The summed E-state index contributed by atoms with van der Waals surface area (Å²) in [6.45, 7) is 5.48. The normalized spacial score (nSPS) is 15.9. The SMILES string of the molecule is CCC1=C(O)c2c(oc(-c3cccc(F)c3)cc2=O)C(CC)(CC)C1=O. The molecule has 0 spiro atoms. The van der Waals surface area contributed by atoms with Crippen LogP contribution in [0.25, 0.3) is 17.1 Å². The molecule has 0 unspecified atom stereocenters. The summed E-state index contributed by atoms with van der Waals surface area (Å²) in [6, 6.07) is 6.96. The molecule has 0 atom stereocenters. The summed E-state index contributed by atoms with van der Waals surface area (Å²) < 4.78 is 19.5. The Hall–Kier alpha value is -2.69. The first kappa shape index (κ1) is 18.1. The molecule has 1 aromatic heterocycles. The number of carbonyl (C=O) groups is 1. The van der Waals surface area contributed by atoms with Crippen LogP contribution < -0.4 is 5.43 Å². The van der Waals surface area contributed by atoms with E-state index in [0.29, 0.717) is 24.8 Å². The second-order valence-corrected chi connectivity index (χ2v) is 6.49. The predicted octanol–water partition coefficient (Wildman–Crippen LogP) is 4.77. The van der Waals surface area contributed by atoms with E-state index in [2.05, 4.69) is 0 Å². The summed E-state index contributed by atoms with van der Waals surface area (Å²) in [4.78, 5) is 25.9. The van der Waals surface area contributed by atoms with E-state index in [1.807, 2.05) is 13.8 Å². The Labute approximate surface area is 151 Å². The third-order valence-electron chi connectivity index (χ3n) is 5.28. The van der Waals surface area contributed by atoms with Gasteiger partial charge in [-0.3, -0.25) is 9.59 Å². The van der Waals surface area contributed by atoms with E-state index in [0.717, 1.165) is 0 Å². The van der Waals surface area contributed by atoms with E-state index in [4.69, 9.17) is 4.42 Å². The predicted molar refractivity (Wildman–Crippen MR) is 97.5 cm³/mol. The molecule has 0 radical (unpaired) electrons. The highest BCUT2D eigenvalue weighted by Crippen LogP contribution is 2.44. The lowest BCUT2D eigenvalue weighted by Crippen LogP contribution is -2.41. The van der Waals surface area contributed by atoms with Crippen molar-refractivity contribution in [1.29, 1.82) is 0 Å². The van der Waals surface area contributed by atoms with Gasteiger partial charge >= 0.3 is 0 Å². The smallest absolute Gasteiger partial charge is 0.196 e. The van der Waals surface area contributed by atoms with Crippen molar-refractivity contribution >= 4 is 11.5 Å². The first-order valence-electron chi connectivity index (χ1n) is 8.81. The maximum atomic E-state index is 13.6. The van der Waals surface area contributed by atoms with Crippen molar-refractivity contribution in [2.24, 2.45) is 0 Å². The average molecular weight is 356 g/mol. The average Bonchev–Trinajstić information content (AvgIpc) is 2.62. The van der Waals surface area contributed by atoms with Crippen LogP contribution in [-0.4, -0.2) is 10.9 Å². The molecule has 0 fully saturated rings. The fourth-order valence-electron chi connectivity index (χ4n) is 3.71. The first-order valence-corrected chi connectivity index (χ1v) is 8.81. The number of hydrogen-bond acceptors (Lipinski definition) is 4. The van der Waals surface area contributed by atoms with Crippen molar-refractivity contribution in [3.63, 3.8) is 0 Å². The van der Waals surface area contributed by atoms with E-state index < -0.39 is 16.7 Å². The molecule has 3 rings (SSSR count). The van der Waals surface area contributed by atoms with Crippen LogP contribution >= 0.6 is 0 Å². The van der Waals surface area contributed by atoms with Gasteiger partial charge in [0.15, 0.2) is 11.2 Å². The van der Waals surface area contributed by atoms with Crippen LogP contribution in [0.2, 0.25) is 0 Å². The highest BCUT2D eigenvalue weighted by Gasteiger charge is 2.48. The minimum atomic E-state index is -1.00. The Balaban J connectivity index is 2.38. The minimum Gasteiger partial charge on any atom is -0.507 e. The molecule has 136 valence electrons. The van der Waals surface area contributed by atoms with Gasteiger partial charge in [-0.1, -0.05) is 32.9 Å². The van der Waals surface area contributed by atoms with Gasteiger partial charge in [-0.25, -0.2) is 4.39 Å². The molecular formula is C21H21FO4. The van der Waals surface area contributed by atoms with Gasteiger partial charge in [-0.05, 0) is 31.4 Å². The summed E-state index contributed by atoms with van der Waals surface area (Å²) in [5.41, 5.74) is -0.733. The number of Topliss-reactive ketones (excluding diaryl/α,β-unsaturated/α-hetero) is 1. The third kappa shape index (κ3) is 2.50. The quantitative estimate of drug-likeness (QED) is 0.857. The van der Waals surface area contributed by atoms with Gasteiger partial charge in [0.05, 0.1) is 5.41 Å². The monoisotopic (exact) mass is 356 g/mol. The number of hydrogen-bond donors (Lipinski definition) is 1. The zero-order valence-electron chi connectivity index (χ0n) is 15.1. The molecule has 0 aliphatic heterocycles. The number of fused-ring (bicyclic) bond motifs is 1. The molecule has 1 N–H and O–H groups in total. The van der Waals surface area contributed by atoms with Gasteiger partial charge in [0.25, 0.3) is 0 Å². The number of allylic oxidation sites excluding steroid dienone is 1. The topological polar surface area (TPSA) is 67.5 Å². The van der Waals surface area contributed by atoms with Gasteiger partial charge in [0.1, 0.15) is 28.7 Å². The lowest BCUT2D eigenvalue weighted by Gasteiger charge is -2.35. The number of carbonyl (C=O) groups excluding carboxylic acids is 1. The maximum Gasteiger partial charge on any atom is 0.196 e. The lowest BCUT2D eigenvalue weighted by atomic mass is 9.68. The van der Waals surface area contributed by atoms with Gasteiger partial charge in [-0.2, -0.15) is 0 Å². The third-order valence-corrected chi connectivity index (χ3v) is 5.28. The van der Waals surface area contributed by atoms with E-state index in [9.17, 15) is 19.1 Å². The van der Waals surface area contributed by atoms with Crippen LogP contribution in [0.5, 0.6) is 0 Å². The summed E-state index contributed by atoms with van der Waals surface area (Å²) in [7, 11) is 0. The van der Waals surface area contributed by atoms with Crippen LogP contribution in [0.3, 0.4) is 0 Å². The van der Waals surface area contributed by atoms with Crippen LogP contribution in [0.4, 0.5) is 4.39 Å². The zero-order valence-corrected chi connectivity index (χ0v) is 15.1. The highest BCUT2D eigenvalue weighted by atomic mass is 19.1. The van der Waals surface area contributed by atoms with Gasteiger partial charge in [0.2, 0.25) is 0 Å². The minimum absolute atomic E-state index is 0.0466. The summed E-state index contributed by atoms with van der Waals surface area (Å²) >= 11 is 0. The molecule has 2 aromatic rings. The number of aliphatic hydroxyl groups is 1. The molecule has 1 aliphatic carbocycles. The lowest BCUT2D eigenvalue weighted by molar-refractivity contribution is -0.122. The maximum absolute atomic E-state index is 13.6. The molecule has 1 aliphatic rings. The van der Waals surface area contributed by atoms with Crippen molar-refractivity contribution in [3.8, 4) is 11.3 Å². The summed E-state index contributed by atoms with van der Waals surface area (Å²) in [5.74, 6) is -0.611. The Kier molecular flexibility index (Phi) is 4.57. The molecule has 26 heavy (non-hydrogen) atoms. The first-order chi connectivity index (χ1) is 12.4. The Morgan fingerprint density at radius 1 is 1.12 bits per heavy atom. The summed E-state index contributed by atoms with van der Waals surface area (Å²) in [6.07, 6.45) is 1.19.